The summed E-state index contributed by atoms with van der Waals surface area (Å²) in [7, 11) is 0. The van der Waals surface area contributed by atoms with Gasteiger partial charge in [0.1, 0.15) is 11.3 Å². The fraction of sp³-hybridized carbons (Fsp3) is 0.846. The van der Waals surface area contributed by atoms with Gasteiger partial charge < -0.3 is 5.11 Å². The van der Waals surface area contributed by atoms with E-state index < -0.39 is 5.60 Å². The first kappa shape index (κ1) is 14.2. The molecule has 1 N–H and O–H groups in total. The van der Waals surface area contributed by atoms with Gasteiger partial charge in [0, 0.05) is 6.54 Å². The Morgan fingerprint density at radius 2 is 1.82 bits per heavy atom. The Morgan fingerprint density at radius 3 is 2.41 bits per heavy atom. The molecule has 0 aromatic carbocycles. The molecular formula is C13H25N3O. The highest BCUT2D eigenvalue weighted by Crippen LogP contribution is 2.15. The Balaban J connectivity index is 2.21. The molecule has 0 spiro atoms. The largest absolute Gasteiger partial charge is 0.384 e. The average Bonchev–Trinajstić information content (AvgIpc) is 2.71. The number of nitrogens with zero attached hydrogens (tertiary/aromatic N) is 3. The predicted octanol–water partition coefficient (Wildman–Crippen LogP) is 2.87. The van der Waals surface area contributed by atoms with Gasteiger partial charge in [-0.2, -0.15) is 0 Å². The van der Waals surface area contributed by atoms with Crippen LogP contribution in [0.1, 0.15) is 65.0 Å². The average molecular weight is 239 g/mol. The van der Waals surface area contributed by atoms with Crippen LogP contribution in [0.4, 0.5) is 0 Å². The van der Waals surface area contributed by atoms with E-state index in [9.17, 15) is 5.11 Å². The Labute approximate surface area is 104 Å². The van der Waals surface area contributed by atoms with E-state index in [1.165, 1.54) is 32.1 Å². The molecule has 0 radical (unpaired) electrons. The first-order valence-corrected chi connectivity index (χ1v) is 6.67. The van der Waals surface area contributed by atoms with Gasteiger partial charge in [-0.15, -0.1) is 5.10 Å². The number of aryl methyl sites for hydroxylation is 1. The smallest absolute Gasteiger partial charge is 0.114 e. The lowest BCUT2D eigenvalue weighted by atomic mass is 10.1. The van der Waals surface area contributed by atoms with Gasteiger partial charge in [-0.1, -0.05) is 44.2 Å². The highest BCUT2D eigenvalue weighted by Gasteiger charge is 2.19. The molecule has 1 aromatic heterocycles. The highest BCUT2D eigenvalue weighted by atomic mass is 16.3. The molecule has 0 fully saturated rings. The maximum Gasteiger partial charge on any atom is 0.114 e. The summed E-state index contributed by atoms with van der Waals surface area (Å²) in [5.41, 5.74) is -0.247. The second-order valence-corrected chi connectivity index (χ2v) is 5.19. The molecular weight excluding hydrogens is 214 g/mol. The van der Waals surface area contributed by atoms with Gasteiger partial charge >= 0.3 is 0 Å². The van der Waals surface area contributed by atoms with Crippen molar-refractivity contribution in [3.8, 4) is 0 Å². The van der Waals surface area contributed by atoms with Crippen molar-refractivity contribution in [2.24, 2.45) is 0 Å². The molecule has 0 bridgehead atoms. The summed E-state index contributed by atoms with van der Waals surface area (Å²) in [6.45, 7) is 6.58. The van der Waals surface area contributed by atoms with Gasteiger partial charge in [0.05, 0.1) is 6.20 Å². The monoisotopic (exact) mass is 239 g/mol. The molecule has 1 heterocycles. The van der Waals surface area contributed by atoms with Crippen LogP contribution in [0.15, 0.2) is 6.20 Å². The highest BCUT2D eigenvalue weighted by molar-refractivity contribution is 5.02. The summed E-state index contributed by atoms with van der Waals surface area (Å²) < 4.78 is 1.83. The summed E-state index contributed by atoms with van der Waals surface area (Å²) in [6.07, 6.45) is 9.50. The van der Waals surface area contributed by atoms with Crippen molar-refractivity contribution in [1.82, 2.24) is 15.0 Å². The lowest BCUT2D eigenvalue weighted by molar-refractivity contribution is 0.0737. The topological polar surface area (TPSA) is 50.9 Å². The number of aromatic nitrogens is 3. The maximum absolute atomic E-state index is 9.76. The molecule has 1 aromatic rings. The second kappa shape index (κ2) is 6.74. The van der Waals surface area contributed by atoms with Gasteiger partial charge in [-0.3, -0.25) is 4.68 Å². The van der Waals surface area contributed by atoms with Crippen molar-refractivity contribution in [2.45, 2.75) is 71.4 Å². The predicted molar refractivity (Wildman–Crippen MR) is 68.6 cm³/mol. The quantitative estimate of drug-likeness (QED) is 0.710. The zero-order valence-electron chi connectivity index (χ0n) is 11.3. The van der Waals surface area contributed by atoms with Crippen LogP contribution < -0.4 is 0 Å². The molecule has 0 aliphatic heterocycles. The minimum Gasteiger partial charge on any atom is -0.384 e. The summed E-state index contributed by atoms with van der Waals surface area (Å²) in [5, 5.41) is 17.8. The number of hydrogen-bond donors (Lipinski definition) is 1. The van der Waals surface area contributed by atoms with Crippen molar-refractivity contribution in [2.75, 3.05) is 0 Å². The number of rotatable bonds is 8. The van der Waals surface area contributed by atoms with Crippen molar-refractivity contribution in [3.63, 3.8) is 0 Å². The normalized spacial score (nSPS) is 12.0. The molecule has 0 aliphatic carbocycles. The van der Waals surface area contributed by atoms with Crippen molar-refractivity contribution >= 4 is 0 Å². The molecule has 0 saturated heterocycles. The van der Waals surface area contributed by atoms with Crippen LogP contribution in [0.3, 0.4) is 0 Å². The SMILES string of the molecule is CCCCCCCCn1cc(C(C)(C)O)nn1. The molecule has 17 heavy (non-hydrogen) atoms. The molecule has 0 unspecified atom stereocenters. The van der Waals surface area contributed by atoms with Gasteiger partial charge in [0.15, 0.2) is 0 Å². The Kier molecular flexibility index (Phi) is 5.62. The van der Waals surface area contributed by atoms with Crippen LogP contribution in [0.5, 0.6) is 0 Å². The fourth-order valence-electron chi connectivity index (χ4n) is 1.74. The molecule has 0 atom stereocenters. The molecule has 0 saturated carbocycles. The van der Waals surface area contributed by atoms with Crippen molar-refractivity contribution < 1.29 is 5.11 Å². The van der Waals surface area contributed by atoms with E-state index in [0.717, 1.165) is 13.0 Å². The Bertz CT molecular complexity index is 315. The third-order valence-corrected chi connectivity index (χ3v) is 2.91. The molecule has 1 rings (SSSR count). The first-order chi connectivity index (χ1) is 8.04. The van der Waals surface area contributed by atoms with E-state index in [1.54, 1.807) is 13.8 Å². The molecule has 98 valence electrons. The number of unbranched alkanes of at least 4 members (excludes halogenated alkanes) is 5. The fourth-order valence-corrected chi connectivity index (χ4v) is 1.74. The van der Waals surface area contributed by atoms with E-state index in [-0.39, 0.29) is 0 Å². The maximum atomic E-state index is 9.76. The second-order valence-electron chi connectivity index (χ2n) is 5.19. The number of aliphatic hydroxyl groups is 1. The lowest BCUT2D eigenvalue weighted by Gasteiger charge is -2.11. The van der Waals surface area contributed by atoms with E-state index >= 15 is 0 Å². The van der Waals surface area contributed by atoms with Crippen LogP contribution in [0.25, 0.3) is 0 Å². The Hall–Kier alpha value is -0.900. The molecule has 0 aliphatic rings. The van der Waals surface area contributed by atoms with Gasteiger partial charge in [-0.05, 0) is 20.3 Å². The summed E-state index contributed by atoms with van der Waals surface area (Å²) in [4.78, 5) is 0. The third-order valence-electron chi connectivity index (χ3n) is 2.91. The summed E-state index contributed by atoms with van der Waals surface area (Å²) in [6, 6.07) is 0. The standard InChI is InChI=1S/C13H25N3O/c1-4-5-6-7-8-9-10-16-11-12(14-15-16)13(2,3)17/h11,17H,4-10H2,1-3H3. The van der Waals surface area contributed by atoms with E-state index in [4.69, 9.17) is 0 Å². The van der Waals surface area contributed by atoms with Crippen LogP contribution in [-0.4, -0.2) is 20.1 Å². The van der Waals surface area contributed by atoms with Crippen LogP contribution in [-0.2, 0) is 12.1 Å². The summed E-state index contributed by atoms with van der Waals surface area (Å²) >= 11 is 0. The zero-order chi connectivity index (χ0) is 12.7. The minimum atomic E-state index is -0.890. The van der Waals surface area contributed by atoms with Gasteiger partial charge in [0.25, 0.3) is 0 Å². The van der Waals surface area contributed by atoms with Crippen molar-refractivity contribution in [1.29, 1.82) is 0 Å². The van der Waals surface area contributed by atoms with Gasteiger partial charge in [-0.25, -0.2) is 0 Å². The van der Waals surface area contributed by atoms with Crippen LogP contribution in [0, 0.1) is 0 Å². The van der Waals surface area contributed by atoms with Crippen molar-refractivity contribution in [3.05, 3.63) is 11.9 Å². The van der Waals surface area contributed by atoms with Gasteiger partial charge in [0.2, 0.25) is 0 Å². The van der Waals surface area contributed by atoms with Crippen LogP contribution in [0.2, 0.25) is 0 Å². The van der Waals surface area contributed by atoms with E-state index in [0.29, 0.717) is 5.69 Å². The lowest BCUT2D eigenvalue weighted by Crippen LogP contribution is -2.15. The third kappa shape index (κ3) is 5.31. The molecule has 4 nitrogen and oxygen atoms in total. The van der Waals surface area contributed by atoms with E-state index in [1.807, 2.05) is 10.9 Å². The van der Waals surface area contributed by atoms with Crippen LogP contribution >= 0.6 is 0 Å². The zero-order valence-corrected chi connectivity index (χ0v) is 11.3. The summed E-state index contributed by atoms with van der Waals surface area (Å²) in [5.74, 6) is 0. The van der Waals surface area contributed by atoms with E-state index in [2.05, 4.69) is 17.2 Å². The Morgan fingerprint density at radius 1 is 1.18 bits per heavy atom. The molecule has 4 heteroatoms. The minimum absolute atomic E-state index is 0.642. The first-order valence-electron chi connectivity index (χ1n) is 6.67. The number of hydrogen-bond acceptors (Lipinski definition) is 3. The molecule has 0 amide bonds.